The predicted molar refractivity (Wildman–Crippen MR) is 57.1 cm³/mol. The van der Waals surface area contributed by atoms with Crippen LogP contribution in [0.25, 0.3) is 0 Å². The first-order chi connectivity index (χ1) is 7.72. The van der Waals surface area contributed by atoms with E-state index in [0.29, 0.717) is 24.9 Å². The minimum absolute atomic E-state index is 0.0201. The van der Waals surface area contributed by atoms with Crippen molar-refractivity contribution in [3.05, 3.63) is 34.9 Å². The van der Waals surface area contributed by atoms with Gasteiger partial charge in [0, 0.05) is 18.7 Å². The van der Waals surface area contributed by atoms with Gasteiger partial charge in [0.15, 0.2) is 0 Å². The van der Waals surface area contributed by atoms with Crippen LogP contribution in [0.4, 0.5) is 8.78 Å². The van der Waals surface area contributed by atoms with Gasteiger partial charge in [-0.1, -0.05) is 0 Å². The lowest BCUT2D eigenvalue weighted by Gasteiger charge is -2.13. The molecule has 2 N–H and O–H groups in total. The summed E-state index contributed by atoms with van der Waals surface area (Å²) in [6.07, 6.45) is 2.10. The lowest BCUT2D eigenvalue weighted by Crippen LogP contribution is -2.21. The first-order valence-corrected chi connectivity index (χ1v) is 5.54. The Morgan fingerprint density at radius 3 is 2.94 bits per heavy atom. The van der Waals surface area contributed by atoms with Gasteiger partial charge in [-0.05, 0) is 43.0 Å². The van der Waals surface area contributed by atoms with Crippen LogP contribution in [-0.4, -0.2) is 18.3 Å². The highest BCUT2D eigenvalue weighted by atomic mass is 19.1. The number of rotatable bonds is 4. The van der Waals surface area contributed by atoms with Gasteiger partial charge in [0.05, 0.1) is 0 Å². The van der Waals surface area contributed by atoms with E-state index in [1.54, 1.807) is 0 Å². The summed E-state index contributed by atoms with van der Waals surface area (Å²) in [5.41, 5.74) is 1.36. The second-order valence-electron chi connectivity index (χ2n) is 4.08. The highest BCUT2D eigenvalue weighted by molar-refractivity contribution is 5.36. The Bertz CT molecular complexity index is 382. The van der Waals surface area contributed by atoms with Gasteiger partial charge in [-0.2, -0.15) is 0 Å². The zero-order valence-corrected chi connectivity index (χ0v) is 8.97. The highest BCUT2D eigenvalue weighted by Crippen LogP contribution is 2.33. The number of aliphatic hydroxyl groups excluding tert-OH is 1. The van der Waals surface area contributed by atoms with Crippen LogP contribution < -0.4 is 5.32 Å². The molecule has 0 spiro atoms. The summed E-state index contributed by atoms with van der Waals surface area (Å²) in [5, 5.41) is 11.9. The first kappa shape index (κ1) is 11.5. The van der Waals surface area contributed by atoms with E-state index in [-0.39, 0.29) is 12.6 Å². The molecule has 0 heterocycles. The van der Waals surface area contributed by atoms with E-state index in [0.717, 1.165) is 18.1 Å². The average Bonchev–Trinajstić information content (AvgIpc) is 2.62. The van der Waals surface area contributed by atoms with E-state index in [2.05, 4.69) is 5.32 Å². The summed E-state index contributed by atoms with van der Waals surface area (Å²) in [4.78, 5) is 0. The summed E-state index contributed by atoms with van der Waals surface area (Å²) in [6.45, 7) is 0.794. The molecule has 1 atom stereocenters. The molecule has 0 amide bonds. The van der Waals surface area contributed by atoms with Gasteiger partial charge in [-0.3, -0.25) is 0 Å². The molecule has 0 aliphatic heterocycles. The van der Waals surface area contributed by atoms with Crippen LogP contribution in [0.15, 0.2) is 12.1 Å². The molecular formula is C12H15F2NO. The molecule has 0 fully saturated rings. The number of aliphatic hydroxyl groups is 1. The molecule has 1 aliphatic rings. The van der Waals surface area contributed by atoms with Gasteiger partial charge in [0.25, 0.3) is 0 Å². The molecule has 4 heteroatoms. The van der Waals surface area contributed by atoms with Crippen molar-refractivity contribution < 1.29 is 13.9 Å². The summed E-state index contributed by atoms with van der Waals surface area (Å²) < 4.78 is 26.5. The number of hydrogen-bond acceptors (Lipinski definition) is 2. The van der Waals surface area contributed by atoms with Crippen LogP contribution in [0, 0.1) is 11.6 Å². The van der Waals surface area contributed by atoms with E-state index in [9.17, 15) is 8.78 Å². The van der Waals surface area contributed by atoms with Crippen LogP contribution in [0.1, 0.15) is 30.0 Å². The fraction of sp³-hybridized carbons (Fsp3) is 0.500. The van der Waals surface area contributed by atoms with E-state index < -0.39 is 11.6 Å². The quantitative estimate of drug-likeness (QED) is 0.770. The topological polar surface area (TPSA) is 32.3 Å². The second-order valence-corrected chi connectivity index (χ2v) is 4.08. The smallest absolute Gasteiger partial charge is 0.129 e. The Morgan fingerprint density at radius 1 is 1.38 bits per heavy atom. The number of halogens is 2. The molecule has 2 nitrogen and oxygen atoms in total. The fourth-order valence-electron chi connectivity index (χ4n) is 2.21. The first-order valence-electron chi connectivity index (χ1n) is 5.54. The maximum Gasteiger partial charge on any atom is 0.129 e. The molecule has 0 radical (unpaired) electrons. The van der Waals surface area contributed by atoms with E-state index in [4.69, 9.17) is 5.11 Å². The Morgan fingerprint density at radius 2 is 2.19 bits per heavy atom. The summed E-state index contributed by atoms with van der Waals surface area (Å²) in [7, 11) is 0. The van der Waals surface area contributed by atoms with Gasteiger partial charge in [0.2, 0.25) is 0 Å². The fourth-order valence-corrected chi connectivity index (χ4v) is 2.21. The SMILES string of the molecule is OCCCNC1CCc2c(F)cc(F)cc21. The van der Waals surface area contributed by atoms with Crippen molar-refractivity contribution in [2.75, 3.05) is 13.2 Å². The van der Waals surface area contributed by atoms with E-state index >= 15 is 0 Å². The summed E-state index contributed by atoms with van der Waals surface area (Å²) >= 11 is 0. The Labute approximate surface area is 93.3 Å². The number of benzene rings is 1. The number of hydrogen-bond donors (Lipinski definition) is 2. The molecule has 0 aromatic heterocycles. The molecule has 1 unspecified atom stereocenters. The third kappa shape index (κ3) is 2.23. The molecule has 0 bridgehead atoms. The van der Waals surface area contributed by atoms with E-state index in [1.165, 1.54) is 6.07 Å². The van der Waals surface area contributed by atoms with Gasteiger partial charge < -0.3 is 10.4 Å². The van der Waals surface area contributed by atoms with Crippen molar-refractivity contribution in [1.29, 1.82) is 0 Å². The van der Waals surface area contributed by atoms with Crippen molar-refractivity contribution in [3.8, 4) is 0 Å². The van der Waals surface area contributed by atoms with Crippen molar-refractivity contribution in [2.45, 2.75) is 25.3 Å². The highest BCUT2D eigenvalue weighted by Gasteiger charge is 2.25. The molecule has 1 aromatic rings. The van der Waals surface area contributed by atoms with Gasteiger partial charge in [-0.15, -0.1) is 0 Å². The van der Waals surface area contributed by atoms with Gasteiger partial charge >= 0.3 is 0 Å². The normalized spacial score (nSPS) is 18.8. The van der Waals surface area contributed by atoms with Crippen LogP contribution in [0.2, 0.25) is 0 Å². The monoisotopic (exact) mass is 227 g/mol. The van der Waals surface area contributed by atoms with Crippen LogP contribution >= 0.6 is 0 Å². The van der Waals surface area contributed by atoms with Crippen molar-refractivity contribution in [2.24, 2.45) is 0 Å². The lowest BCUT2D eigenvalue weighted by molar-refractivity contribution is 0.283. The third-order valence-electron chi connectivity index (χ3n) is 2.98. The minimum atomic E-state index is -0.521. The molecule has 16 heavy (non-hydrogen) atoms. The van der Waals surface area contributed by atoms with Gasteiger partial charge in [0.1, 0.15) is 11.6 Å². The molecule has 0 saturated carbocycles. The Hall–Kier alpha value is -1.00. The maximum absolute atomic E-state index is 13.4. The lowest BCUT2D eigenvalue weighted by atomic mass is 10.1. The summed E-state index contributed by atoms with van der Waals surface area (Å²) in [6, 6.07) is 2.36. The molecular weight excluding hydrogens is 212 g/mol. The number of fused-ring (bicyclic) bond motifs is 1. The Kier molecular flexibility index (Phi) is 3.51. The van der Waals surface area contributed by atoms with Crippen molar-refractivity contribution in [1.82, 2.24) is 5.32 Å². The second kappa shape index (κ2) is 4.89. The zero-order chi connectivity index (χ0) is 11.5. The standard InChI is InChI=1S/C12H15F2NO/c13-8-6-10-9(11(14)7-8)2-3-12(10)15-4-1-5-16/h6-7,12,15-16H,1-5H2. The maximum atomic E-state index is 13.4. The van der Waals surface area contributed by atoms with Gasteiger partial charge in [-0.25, -0.2) is 8.78 Å². The molecule has 2 rings (SSSR count). The molecule has 1 aliphatic carbocycles. The minimum Gasteiger partial charge on any atom is -0.396 e. The van der Waals surface area contributed by atoms with Crippen LogP contribution in [0.5, 0.6) is 0 Å². The Balaban J connectivity index is 2.12. The van der Waals surface area contributed by atoms with Crippen LogP contribution in [0.3, 0.4) is 0 Å². The molecule has 0 saturated heterocycles. The molecule has 1 aromatic carbocycles. The zero-order valence-electron chi connectivity index (χ0n) is 8.97. The van der Waals surface area contributed by atoms with Crippen LogP contribution in [-0.2, 0) is 6.42 Å². The average molecular weight is 227 g/mol. The third-order valence-corrected chi connectivity index (χ3v) is 2.98. The molecule has 88 valence electrons. The van der Waals surface area contributed by atoms with E-state index in [1.807, 2.05) is 0 Å². The summed E-state index contributed by atoms with van der Waals surface area (Å²) in [5.74, 6) is -0.964. The predicted octanol–water partition coefficient (Wildman–Crippen LogP) is 1.92. The van der Waals surface area contributed by atoms with Crippen molar-refractivity contribution >= 4 is 0 Å². The number of nitrogens with one attached hydrogen (secondary N) is 1. The largest absolute Gasteiger partial charge is 0.396 e. The van der Waals surface area contributed by atoms with Crippen molar-refractivity contribution in [3.63, 3.8) is 0 Å².